The number of oxazole rings is 1. The molecule has 0 aliphatic carbocycles. The van der Waals surface area contributed by atoms with Gasteiger partial charge in [0.25, 0.3) is 0 Å². The van der Waals surface area contributed by atoms with E-state index in [2.05, 4.69) is 47.0 Å². The van der Waals surface area contributed by atoms with Crippen LogP contribution in [0, 0.1) is 0 Å². The number of nitrogens with zero attached hydrogens (tertiary/aromatic N) is 3. The number of benzene rings is 1. The Morgan fingerprint density at radius 2 is 1.48 bits per heavy atom. The first kappa shape index (κ1) is 17.2. The van der Waals surface area contributed by atoms with Crippen LogP contribution in [0.25, 0.3) is 34.0 Å². The molecular formula is C23H21N3O. The zero-order valence-electron chi connectivity index (χ0n) is 15.5. The van der Waals surface area contributed by atoms with Crippen LogP contribution in [0.15, 0.2) is 71.7 Å². The molecule has 1 aromatic carbocycles. The van der Waals surface area contributed by atoms with E-state index in [-0.39, 0.29) is 0 Å². The van der Waals surface area contributed by atoms with E-state index in [0.717, 1.165) is 41.0 Å². The Bertz CT molecular complexity index is 1010. The van der Waals surface area contributed by atoms with Gasteiger partial charge in [-0.25, -0.2) is 4.98 Å². The first-order chi connectivity index (χ1) is 13.3. The first-order valence-corrected chi connectivity index (χ1v) is 9.22. The van der Waals surface area contributed by atoms with E-state index >= 15 is 0 Å². The average molecular weight is 355 g/mol. The van der Waals surface area contributed by atoms with Crippen LogP contribution in [0.1, 0.15) is 25.0 Å². The maximum Gasteiger partial charge on any atom is 0.226 e. The van der Waals surface area contributed by atoms with E-state index in [1.807, 2.05) is 30.5 Å². The molecule has 0 radical (unpaired) electrons. The molecule has 0 fully saturated rings. The number of aromatic nitrogens is 3. The summed E-state index contributed by atoms with van der Waals surface area (Å²) in [5.74, 6) is 1.37. The monoisotopic (exact) mass is 355 g/mol. The highest BCUT2D eigenvalue weighted by molar-refractivity contribution is 5.65. The van der Waals surface area contributed by atoms with E-state index in [9.17, 15) is 0 Å². The second-order valence-corrected chi connectivity index (χ2v) is 6.44. The zero-order chi connectivity index (χ0) is 18.6. The standard InChI is InChI=1S/C23H21N3O/c1-3-16-11-17(4-2)13-20(12-16)23-26-15-22(27-23)19-5-6-21(25-14-19)18-7-9-24-10-8-18/h5-15H,3-4H2,1-2H3. The van der Waals surface area contributed by atoms with Gasteiger partial charge in [0.15, 0.2) is 5.76 Å². The van der Waals surface area contributed by atoms with E-state index in [1.54, 1.807) is 18.6 Å². The summed E-state index contributed by atoms with van der Waals surface area (Å²) in [6.07, 6.45) is 9.11. The molecule has 0 N–H and O–H groups in total. The first-order valence-electron chi connectivity index (χ1n) is 9.22. The Kier molecular flexibility index (Phi) is 4.79. The second-order valence-electron chi connectivity index (χ2n) is 6.44. The highest BCUT2D eigenvalue weighted by atomic mass is 16.4. The Morgan fingerprint density at radius 1 is 0.741 bits per heavy atom. The van der Waals surface area contributed by atoms with Gasteiger partial charge < -0.3 is 4.42 Å². The molecule has 0 aliphatic rings. The fourth-order valence-corrected chi connectivity index (χ4v) is 3.07. The van der Waals surface area contributed by atoms with Crippen molar-refractivity contribution < 1.29 is 4.42 Å². The number of rotatable bonds is 5. The molecule has 0 aliphatic heterocycles. The number of hydrogen-bond donors (Lipinski definition) is 0. The number of hydrogen-bond acceptors (Lipinski definition) is 4. The molecule has 0 amide bonds. The van der Waals surface area contributed by atoms with Crippen molar-refractivity contribution in [1.29, 1.82) is 0 Å². The maximum absolute atomic E-state index is 6.04. The number of pyridine rings is 2. The third kappa shape index (κ3) is 3.65. The Morgan fingerprint density at radius 3 is 2.11 bits per heavy atom. The third-order valence-electron chi connectivity index (χ3n) is 4.65. The van der Waals surface area contributed by atoms with Gasteiger partial charge in [0.2, 0.25) is 5.89 Å². The highest BCUT2D eigenvalue weighted by Gasteiger charge is 2.11. The molecule has 134 valence electrons. The zero-order valence-corrected chi connectivity index (χ0v) is 15.5. The molecule has 0 unspecified atom stereocenters. The molecule has 4 aromatic rings. The Hall–Kier alpha value is -3.27. The van der Waals surface area contributed by atoms with Crippen molar-refractivity contribution in [3.8, 4) is 34.0 Å². The Labute approximate surface area is 159 Å². The maximum atomic E-state index is 6.04. The van der Waals surface area contributed by atoms with Crippen LogP contribution in [0.4, 0.5) is 0 Å². The van der Waals surface area contributed by atoms with E-state index in [1.165, 1.54) is 11.1 Å². The van der Waals surface area contributed by atoms with Gasteiger partial charge >= 0.3 is 0 Å². The summed E-state index contributed by atoms with van der Waals surface area (Å²) in [7, 11) is 0. The summed E-state index contributed by atoms with van der Waals surface area (Å²) < 4.78 is 6.04. The quantitative estimate of drug-likeness (QED) is 0.468. The summed E-state index contributed by atoms with van der Waals surface area (Å²) in [5, 5.41) is 0. The van der Waals surface area contributed by atoms with E-state index in [0.29, 0.717) is 5.89 Å². The molecule has 0 spiro atoms. The SMILES string of the molecule is CCc1cc(CC)cc(-c2ncc(-c3ccc(-c4ccncc4)nc3)o2)c1. The summed E-state index contributed by atoms with van der Waals surface area (Å²) >= 11 is 0. The Balaban J connectivity index is 1.63. The normalized spacial score (nSPS) is 10.9. The lowest BCUT2D eigenvalue weighted by molar-refractivity contribution is 0.588. The van der Waals surface area contributed by atoms with Crippen LogP contribution < -0.4 is 0 Å². The number of aryl methyl sites for hydroxylation is 2. The van der Waals surface area contributed by atoms with Crippen molar-refractivity contribution in [3.05, 3.63) is 78.4 Å². The average Bonchev–Trinajstić information content (AvgIpc) is 3.24. The summed E-state index contributed by atoms with van der Waals surface area (Å²) in [5.41, 5.74) is 6.48. The summed E-state index contributed by atoms with van der Waals surface area (Å²) in [4.78, 5) is 13.1. The topological polar surface area (TPSA) is 51.8 Å². The van der Waals surface area contributed by atoms with Crippen molar-refractivity contribution in [3.63, 3.8) is 0 Å². The van der Waals surface area contributed by atoms with Crippen LogP contribution in [0.2, 0.25) is 0 Å². The van der Waals surface area contributed by atoms with Gasteiger partial charge in [0.1, 0.15) is 0 Å². The molecule has 0 atom stereocenters. The third-order valence-corrected chi connectivity index (χ3v) is 4.65. The minimum Gasteiger partial charge on any atom is -0.436 e. The van der Waals surface area contributed by atoms with Crippen molar-refractivity contribution >= 4 is 0 Å². The molecule has 0 saturated heterocycles. The van der Waals surface area contributed by atoms with E-state index in [4.69, 9.17) is 4.42 Å². The van der Waals surface area contributed by atoms with Crippen LogP contribution >= 0.6 is 0 Å². The predicted molar refractivity (Wildman–Crippen MR) is 107 cm³/mol. The molecule has 4 heteroatoms. The van der Waals surface area contributed by atoms with Gasteiger partial charge in [-0.05, 0) is 60.4 Å². The molecule has 0 bridgehead atoms. The molecule has 0 saturated carbocycles. The van der Waals surface area contributed by atoms with Crippen LogP contribution in [-0.2, 0) is 12.8 Å². The van der Waals surface area contributed by atoms with Gasteiger partial charge in [0, 0.05) is 35.3 Å². The van der Waals surface area contributed by atoms with Crippen LogP contribution in [-0.4, -0.2) is 15.0 Å². The van der Waals surface area contributed by atoms with Crippen molar-refractivity contribution in [2.75, 3.05) is 0 Å². The van der Waals surface area contributed by atoms with Crippen molar-refractivity contribution in [2.24, 2.45) is 0 Å². The highest BCUT2D eigenvalue weighted by Crippen LogP contribution is 2.28. The second kappa shape index (κ2) is 7.54. The van der Waals surface area contributed by atoms with Crippen molar-refractivity contribution in [2.45, 2.75) is 26.7 Å². The van der Waals surface area contributed by atoms with Gasteiger partial charge in [-0.15, -0.1) is 0 Å². The van der Waals surface area contributed by atoms with Crippen LogP contribution in [0.3, 0.4) is 0 Å². The summed E-state index contributed by atoms with van der Waals surface area (Å²) in [6.45, 7) is 4.32. The lowest BCUT2D eigenvalue weighted by atomic mass is 10.0. The van der Waals surface area contributed by atoms with Gasteiger partial charge in [-0.3, -0.25) is 9.97 Å². The molecule has 4 nitrogen and oxygen atoms in total. The lowest BCUT2D eigenvalue weighted by Crippen LogP contribution is -1.88. The fraction of sp³-hybridized carbons (Fsp3) is 0.174. The summed E-state index contributed by atoms with van der Waals surface area (Å²) in [6, 6.07) is 14.4. The molecular weight excluding hydrogens is 334 g/mol. The molecule has 27 heavy (non-hydrogen) atoms. The largest absolute Gasteiger partial charge is 0.436 e. The minimum absolute atomic E-state index is 0.646. The van der Waals surface area contributed by atoms with Crippen molar-refractivity contribution in [1.82, 2.24) is 15.0 Å². The van der Waals surface area contributed by atoms with Gasteiger partial charge in [-0.1, -0.05) is 19.9 Å². The van der Waals surface area contributed by atoms with Crippen LogP contribution in [0.5, 0.6) is 0 Å². The molecule has 4 rings (SSSR count). The van der Waals surface area contributed by atoms with E-state index < -0.39 is 0 Å². The molecule has 3 heterocycles. The fourth-order valence-electron chi connectivity index (χ4n) is 3.07. The van der Waals surface area contributed by atoms with Gasteiger partial charge in [-0.2, -0.15) is 0 Å². The predicted octanol–water partition coefficient (Wildman–Crippen LogP) is 5.59. The lowest BCUT2D eigenvalue weighted by Gasteiger charge is -2.05. The van der Waals surface area contributed by atoms with Gasteiger partial charge in [0.05, 0.1) is 11.9 Å². The minimum atomic E-state index is 0.646. The molecule has 3 aromatic heterocycles. The smallest absolute Gasteiger partial charge is 0.226 e.